The Balaban J connectivity index is 1.67. The smallest absolute Gasteiger partial charge is 0.163 e. The molecule has 5 heteroatoms. The summed E-state index contributed by atoms with van der Waals surface area (Å²) in [5, 5.41) is 4.78. The molecule has 0 radical (unpaired) electrons. The molecule has 0 saturated carbocycles. The lowest BCUT2D eigenvalue weighted by Gasteiger charge is -2.29. The highest BCUT2D eigenvalue weighted by Crippen LogP contribution is 2.25. The van der Waals surface area contributed by atoms with Gasteiger partial charge in [-0.3, -0.25) is 4.98 Å². The summed E-state index contributed by atoms with van der Waals surface area (Å²) in [6, 6.07) is 12.6. The molecule has 0 aliphatic carbocycles. The van der Waals surface area contributed by atoms with Crippen LogP contribution in [0.15, 0.2) is 48.8 Å². The van der Waals surface area contributed by atoms with Gasteiger partial charge in [0, 0.05) is 42.2 Å². The van der Waals surface area contributed by atoms with Crippen LogP contribution in [0.1, 0.15) is 19.8 Å². The zero-order valence-electron chi connectivity index (χ0n) is 14.6. The zero-order valence-corrected chi connectivity index (χ0v) is 14.6. The number of benzene rings is 1. The van der Waals surface area contributed by atoms with E-state index in [0.29, 0.717) is 6.04 Å². The lowest BCUT2D eigenvalue weighted by Crippen LogP contribution is -3.13. The van der Waals surface area contributed by atoms with E-state index in [1.54, 1.807) is 11.1 Å². The fourth-order valence-corrected chi connectivity index (χ4v) is 3.53. The first kappa shape index (κ1) is 16.0. The molecule has 0 unspecified atom stereocenters. The number of quaternary nitrogens is 1. The normalized spacial score (nSPS) is 20.5. The van der Waals surface area contributed by atoms with E-state index in [-0.39, 0.29) is 0 Å². The average molecular weight is 334 g/mol. The first-order valence-corrected chi connectivity index (χ1v) is 9.11. The Morgan fingerprint density at radius 2 is 1.92 bits per heavy atom. The first-order valence-electron chi connectivity index (χ1n) is 9.11. The van der Waals surface area contributed by atoms with Crippen molar-refractivity contribution < 1.29 is 4.90 Å². The van der Waals surface area contributed by atoms with E-state index in [0.717, 1.165) is 28.1 Å². The van der Waals surface area contributed by atoms with Crippen molar-refractivity contribution in [3.05, 3.63) is 48.8 Å². The molecule has 128 valence electrons. The molecule has 25 heavy (non-hydrogen) atoms. The Kier molecular flexibility index (Phi) is 4.57. The summed E-state index contributed by atoms with van der Waals surface area (Å²) in [6.45, 7) is 5.94. The number of pyridine rings is 1. The highest BCUT2D eigenvalue weighted by Gasteiger charge is 2.22. The van der Waals surface area contributed by atoms with Gasteiger partial charge in [-0.15, -0.1) is 0 Å². The SMILES string of the molecule is CC[NH+]1CCC(Nc2nc(-c3cccnc3)nc3ccccc23)CC1. The zero-order chi connectivity index (χ0) is 17.1. The van der Waals surface area contributed by atoms with Gasteiger partial charge in [-0.25, -0.2) is 9.97 Å². The third-order valence-electron chi connectivity index (χ3n) is 5.06. The van der Waals surface area contributed by atoms with Crippen LogP contribution < -0.4 is 10.2 Å². The second kappa shape index (κ2) is 7.15. The lowest BCUT2D eigenvalue weighted by atomic mass is 10.0. The number of hydrogen-bond donors (Lipinski definition) is 2. The summed E-state index contributed by atoms with van der Waals surface area (Å²) in [7, 11) is 0. The summed E-state index contributed by atoms with van der Waals surface area (Å²) in [5.41, 5.74) is 1.91. The number of hydrogen-bond acceptors (Lipinski definition) is 4. The molecule has 2 aromatic heterocycles. The number of nitrogens with zero attached hydrogens (tertiary/aromatic N) is 3. The predicted octanol–water partition coefficient (Wildman–Crippen LogP) is 2.17. The minimum atomic E-state index is 0.482. The number of rotatable bonds is 4. The summed E-state index contributed by atoms with van der Waals surface area (Å²) in [4.78, 5) is 15.5. The van der Waals surface area contributed by atoms with Gasteiger partial charge in [0.05, 0.1) is 25.2 Å². The van der Waals surface area contributed by atoms with Gasteiger partial charge >= 0.3 is 0 Å². The maximum Gasteiger partial charge on any atom is 0.163 e. The maximum atomic E-state index is 4.84. The van der Waals surface area contributed by atoms with Crippen molar-refractivity contribution in [3.63, 3.8) is 0 Å². The monoisotopic (exact) mass is 334 g/mol. The van der Waals surface area contributed by atoms with Crippen molar-refractivity contribution in [1.82, 2.24) is 15.0 Å². The van der Waals surface area contributed by atoms with Crippen LogP contribution in [0, 0.1) is 0 Å². The molecule has 1 aromatic carbocycles. The molecule has 3 heterocycles. The van der Waals surface area contributed by atoms with Crippen LogP contribution in [0.3, 0.4) is 0 Å². The summed E-state index contributed by atoms with van der Waals surface area (Å²) in [6.07, 6.45) is 5.96. The van der Waals surface area contributed by atoms with Crippen LogP contribution >= 0.6 is 0 Å². The van der Waals surface area contributed by atoms with Crippen molar-refractivity contribution >= 4 is 16.7 Å². The third kappa shape index (κ3) is 3.46. The fourth-order valence-electron chi connectivity index (χ4n) is 3.53. The summed E-state index contributed by atoms with van der Waals surface area (Å²) >= 11 is 0. The molecule has 1 aliphatic heterocycles. The number of piperidine rings is 1. The highest BCUT2D eigenvalue weighted by atomic mass is 15.1. The maximum absolute atomic E-state index is 4.84. The van der Waals surface area contributed by atoms with Crippen molar-refractivity contribution in [1.29, 1.82) is 0 Å². The fraction of sp³-hybridized carbons (Fsp3) is 0.350. The van der Waals surface area contributed by atoms with Gasteiger partial charge in [0.2, 0.25) is 0 Å². The van der Waals surface area contributed by atoms with Gasteiger partial charge in [-0.1, -0.05) is 12.1 Å². The van der Waals surface area contributed by atoms with Crippen LogP contribution in [-0.4, -0.2) is 40.6 Å². The topological polar surface area (TPSA) is 55.1 Å². The van der Waals surface area contributed by atoms with Crippen molar-refractivity contribution in [2.45, 2.75) is 25.8 Å². The number of likely N-dealkylation sites (tertiary alicyclic amines) is 1. The van der Waals surface area contributed by atoms with Gasteiger partial charge in [-0.2, -0.15) is 0 Å². The van der Waals surface area contributed by atoms with Gasteiger partial charge in [-0.05, 0) is 31.2 Å². The lowest BCUT2D eigenvalue weighted by molar-refractivity contribution is -0.903. The molecule has 4 rings (SSSR count). The minimum Gasteiger partial charge on any atom is -0.366 e. The quantitative estimate of drug-likeness (QED) is 0.768. The number of anilines is 1. The number of fused-ring (bicyclic) bond motifs is 1. The Morgan fingerprint density at radius 3 is 2.68 bits per heavy atom. The summed E-state index contributed by atoms with van der Waals surface area (Å²) < 4.78 is 0. The number of para-hydroxylation sites is 1. The molecular formula is C20H24N5+. The molecule has 0 atom stereocenters. The summed E-state index contributed by atoms with van der Waals surface area (Å²) in [5.74, 6) is 1.67. The van der Waals surface area contributed by atoms with Crippen LogP contribution in [0.25, 0.3) is 22.3 Å². The molecule has 0 bridgehead atoms. The Hall–Kier alpha value is -2.53. The molecule has 5 nitrogen and oxygen atoms in total. The molecule has 2 N–H and O–H groups in total. The molecule has 3 aromatic rings. The second-order valence-corrected chi connectivity index (χ2v) is 6.68. The molecular weight excluding hydrogens is 310 g/mol. The van der Waals surface area contributed by atoms with Crippen LogP contribution in [0.2, 0.25) is 0 Å². The van der Waals surface area contributed by atoms with Crippen LogP contribution in [-0.2, 0) is 0 Å². The van der Waals surface area contributed by atoms with E-state index >= 15 is 0 Å². The van der Waals surface area contributed by atoms with Gasteiger partial charge < -0.3 is 10.2 Å². The largest absolute Gasteiger partial charge is 0.366 e. The van der Waals surface area contributed by atoms with E-state index in [4.69, 9.17) is 9.97 Å². The number of nitrogens with one attached hydrogen (secondary N) is 2. The molecule has 1 aliphatic rings. The van der Waals surface area contributed by atoms with Crippen molar-refractivity contribution in [3.8, 4) is 11.4 Å². The third-order valence-corrected chi connectivity index (χ3v) is 5.06. The van der Waals surface area contributed by atoms with Crippen LogP contribution in [0.4, 0.5) is 5.82 Å². The minimum absolute atomic E-state index is 0.482. The standard InChI is InChI=1S/C20H23N5/c1-2-25-12-9-16(10-13-25)22-20-17-7-3-4-8-18(17)23-19(24-20)15-6-5-11-21-14-15/h3-8,11,14,16H,2,9-10,12-13H2,1H3,(H,22,23,24)/p+1. The van der Waals surface area contributed by atoms with Gasteiger partial charge in [0.25, 0.3) is 0 Å². The van der Waals surface area contributed by atoms with E-state index in [1.165, 1.54) is 32.5 Å². The van der Waals surface area contributed by atoms with E-state index < -0.39 is 0 Å². The highest BCUT2D eigenvalue weighted by molar-refractivity contribution is 5.90. The van der Waals surface area contributed by atoms with Crippen molar-refractivity contribution in [2.75, 3.05) is 25.0 Å². The van der Waals surface area contributed by atoms with Gasteiger partial charge in [0.1, 0.15) is 5.82 Å². The number of aromatic nitrogens is 3. The van der Waals surface area contributed by atoms with Crippen LogP contribution in [0.5, 0.6) is 0 Å². The Labute approximate surface area is 148 Å². The Bertz CT molecular complexity index is 841. The van der Waals surface area contributed by atoms with Crippen molar-refractivity contribution in [2.24, 2.45) is 0 Å². The molecule has 0 amide bonds. The first-order chi connectivity index (χ1) is 12.3. The average Bonchev–Trinajstić information content (AvgIpc) is 2.69. The predicted molar refractivity (Wildman–Crippen MR) is 101 cm³/mol. The van der Waals surface area contributed by atoms with Gasteiger partial charge in [0.15, 0.2) is 5.82 Å². The molecule has 1 saturated heterocycles. The van der Waals surface area contributed by atoms with E-state index in [1.807, 2.05) is 36.5 Å². The Morgan fingerprint density at radius 1 is 1.08 bits per heavy atom. The molecule has 1 fully saturated rings. The second-order valence-electron chi connectivity index (χ2n) is 6.68. The van der Waals surface area contributed by atoms with E-state index in [9.17, 15) is 0 Å². The molecule has 0 spiro atoms. The van der Waals surface area contributed by atoms with E-state index in [2.05, 4.69) is 23.3 Å².